The Morgan fingerprint density at radius 2 is 1.47 bits per heavy atom. The average molecular weight is 488 g/mol. The van der Waals surface area contributed by atoms with Gasteiger partial charge >= 0.3 is 6.09 Å². The van der Waals surface area contributed by atoms with Crippen LogP contribution in [0, 0.1) is 0 Å². The fourth-order valence-corrected chi connectivity index (χ4v) is 3.14. The second-order valence-corrected chi connectivity index (χ2v) is 7.75. The molecule has 9 heteroatoms. The van der Waals surface area contributed by atoms with Crippen LogP contribution in [0.1, 0.15) is 27.0 Å². The van der Waals surface area contributed by atoms with E-state index in [2.05, 4.69) is 26.3 Å². The Hall–Kier alpha value is -4.66. The highest BCUT2D eigenvalue weighted by atomic mass is 16.5. The van der Waals surface area contributed by atoms with Crippen LogP contribution in [0.25, 0.3) is 0 Å². The van der Waals surface area contributed by atoms with Crippen molar-refractivity contribution in [3.05, 3.63) is 107 Å². The summed E-state index contributed by atoms with van der Waals surface area (Å²) in [7, 11) is 1.56. The van der Waals surface area contributed by atoms with Gasteiger partial charge in [-0.2, -0.15) is 0 Å². The minimum absolute atomic E-state index is 0.0771. The lowest BCUT2D eigenvalue weighted by Crippen LogP contribution is -2.45. The summed E-state index contributed by atoms with van der Waals surface area (Å²) in [5.41, 5.74) is 3.06. The number of alkyl carbamates (subject to hydrolysis) is 1. The molecule has 0 bridgehead atoms. The number of carbonyl (C=O) groups excluding carboxylic acids is 3. The summed E-state index contributed by atoms with van der Waals surface area (Å²) in [5.74, 6) is -0.405. The van der Waals surface area contributed by atoms with Crippen LogP contribution in [0.5, 0.6) is 0 Å². The first-order valence-electron chi connectivity index (χ1n) is 11.4. The minimum atomic E-state index is -0.714. The number of aliphatic imine (C=N–C) groups is 1. The number of hydrogen-bond donors (Lipinski definition) is 4. The lowest BCUT2D eigenvalue weighted by Gasteiger charge is -2.13. The molecule has 3 amide bonds. The molecule has 9 nitrogen and oxygen atoms in total. The van der Waals surface area contributed by atoms with Crippen LogP contribution in [-0.4, -0.2) is 37.5 Å². The molecular weight excluding hydrogens is 458 g/mol. The van der Waals surface area contributed by atoms with Crippen molar-refractivity contribution in [2.24, 2.45) is 4.99 Å². The third-order valence-corrected chi connectivity index (χ3v) is 5.02. The lowest BCUT2D eigenvalue weighted by molar-refractivity contribution is -0.120. The van der Waals surface area contributed by atoms with E-state index in [1.54, 1.807) is 25.2 Å². The molecule has 0 spiro atoms. The number of ether oxygens (including phenoxy) is 1. The first kappa shape index (κ1) is 26.0. The smallest absolute Gasteiger partial charge is 0.414 e. The molecular formula is C27H29N5O4. The number of carbonyl (C=O) groups is 3. The summed E-state index contributed by atoms with van der Waals surface area (Å²) in [6.45, 7) is 0.527. The van der Waals surface area contributed by atoms with E-state index in [0.29, 0.717) is 12.1 Å². The van der Waals surface area contributed by atoms with Gasteiger partial charge in [-0.05, 0) is 28.8 Å². The molecule has 3 aromatic rings. The van der Waals surface area contributed by atoms with E-state index in [-0.39, 0.29) is 37.5 Å². The van der Waals surface area contributed by atoms with Gasteiger partial charge in [-0.1, -0.05) is 72.8 Å². The molecule has 36 heavy (non-hydrogen) atoms. The molecule has 4 N–H and O–H groups in total. The van der Waals surface area contributed by atoms with E-state index in [1.807, 2.05) is 66.7 Å². The SMILES string of the molecule is CNC(=O)c1cccc(CN=C(NCC(=O)NCc2ccccc2)NC(=O)OCc2ccccc2)c1. The largest absolute Gasteiger partial charge is 0.444 e. The summed E-state index contributed by atoms with van der Waals surface area (Å²) in [6, 6.07) is 25.8. The van der Waals surface area contributed by atoms with E-state index in [4.69, 9.17) is 4.74 Å². The summed E-state index contributed by atoms with van der Waals surface area (Å²) in [6.07, 6.45) is -0.714. The highest BCUT2D eigenvalue weighted by molar-refractivity contribution is 5.96. The summed E-state index contributed by atoms with van der Waals surface area (Å²) in [4.78, 5) is 41.0. The zero-order valence-electron chi connectivity index (χ0n) is 20.0. The molecule has 0 saturated heterocycles. The first-order chi connectivity index (χ1) is 17.5. The van der Waals surface area contributed by atoms with E-state index >= 15 is 0 Å². The molecule has 0 aliphatic carbocycles. The molecule has 3 aromatic carbocycles. The average Bonchev–Trinajstić information content (AvgIpc) is 2.93. The van der Waals surface area contributed by atoms with Gasteiger partial charge in [0.15, 0.2) is 0 Å². The Kier molecular flexibility index (Phi) is 10.0. The van der Waals surface area contributed by atoms with Crippen LogP contribution in [0.2, 0.25) is 0 Å². The van der Waals surface area contributed by atoms with E-state index in [1.165, 1.54) is 0 Å². The Balaban J connectivity index is 1.61. The maximum Gasteiger partial charge on any atom is 0.414 e. The quantitative estimate of drug-likeness (QED) is 0.273. The van der Waals surface area contributed by atoms with Crippen molar-refractivity contribution >= 4 is 23.9 Å². The molecule has 0 saturated carbocycles. The third kappa shape index (κ3) is 8.94. The van der Waals surface area contributed by atoms with Gasteiger partial charge in [0.25, 0.3) is 5.91 Å². The predicted octanol–water partition coefficient (Wildman–Crippen LogP) is 2.73. The van der Waals surface area contributed by atoms with Crippen LogP contribution in [-0.2, 0) is 29.2 Å². The van der Waals surface area contributed by atoms with Crippen LogP contribution in [0.3, 0.4) is 0 Å². The van der Waals surface area contributed by atoms with Gasteiger partial charge in [0.05, 0.1) is 13.1 Å². The summed E-state index contributed by atoms with van der Waals surface area (Å²) in [5, 5.41) is 10.8. The lowest BCUT2D eigenvalue weighted by atomic mass is 10.1. The molecule has 0 aromatic heterocycles. The number of benzene rings is 3. The molecule has 0 fully saturated rings. The maximum atomic E-state index is 12.4. The Morgan fingerprint density at radius 1 is 0.806 bits per heavy atom. The number of hydrogen-bond acceptors (Lipinski definition) is 5. The zero-order chi connectivity index (χ0) is 25.6. The molecule has 0 aliphatic rings. The van der Waals surface area contributed by atoms with Crippen molar-refractivity contribution in [3.8, 4) is 0 Å². The van der Waals surface area contributed by atoms with E-state index in [0.717, 1.165) is 16.7 Å². The van der Waals surface area contributed by atoms with Gasteiger partial charge in [0.1, 0.15) is 6.61 Å². The molecule has 0 unspecified atom stereocenters. The monoisotopic (exact) mass is 487 g/mol. The number of nitrogens with one attached hydrogen (secondary N) is 4. The van der Waals surface area contributed by atoms with Crippen LogP contribution in [0.15, 0.2) is 89.9 Å². The van der Waals surface area contributed by atoms with Gasteiger partial charge in [0, 0.05) is 19.2 Å². The molecule has 0 radical (unpaired) electrons. The number of rotatable bonds is 9. The van der Waals surface area contributed by atoms with Gasteiger partial charge in [0.2, 0.25) is 11.9 Å². The number of amides is 3. The van der Waals surface area contributed by atoms with Crippen molar-refractivity contribution in [2.75, 3.05) is 13.6 Å². The topological polar surface area (TPSA) is 121 Å². The highest BCUT2D eigenvalue weighted by Gasteiger charge is 2.10. The van der Waals surface area contributed by atoms with Gasteiger partial charge < -0.3 is 20.7 Å². The maximum absolute atomic E-state index is 12.4. The molecule has 0 atom stereocenters. The fourth-order valence-electron chi connectivity index (χ4n) is 3.14. The Morgan fingerprint density at radius 3 is 2.17 bits per heavy atom. The van der Waals surface area contributed by atoms with Crippen molar-refractivity contribution < 1.29 is 19.1 Å². The number of nitrogens with zero attached hydrogens (tertiary/aromatic N) is 1. The fraction of sp³-hybridized carbons (Fsp3) is 0.185. The van der Waals surface area contributed by atoms with Crippen LogP contribution >= 0.6 is 0 Å². The van der Waals surface area contributed by atoms with Crippen molar-refractivity contribution in [1.29, 1.82) is 0 Å². The Bertz CT molecular complexity index is 1180. The number of guanidine groups is 1. The first-order valence-corrected chi connectivity index (χ1v) is 11.4. The van der Waals surface area contributed by atoms with Crippen molar-refractivity contribution in [3.63, 3.8) is 0 Å². The third-order valence-electron chi connectivity index (χ3n) is 5.02. The Labute approximate surface area is 210 Å². The van der Waals surface area contributed by atoms with Gasteiger partial charge in [-0.3, -0.25) is 14.9 Å². The van der Waals surface area contributed by atoms with Crippen LogP contribution in [0.4, 0.5) is 4.79 Å². The zero-order valence-corrected chi connectivity index (χ0v) is 20.0. The normalized spacial score (nSPS) is 10.8. The predicted molar refractivity (Wildman–Crippen MR) is 137 cm³/mol. The molecule has 0 heterocycles. The van der Waals surface area contributed by atoms with Gasteiger partial charge in [-0.15, -0.1) is 0 Å². The van der Waals surface area contributed by atoms with Crippen molar-refractivity contribution in [2.45, 2.75) is 19.7 Å². The summed E-state index contributed by atoms with van der Waals surface area (Å²) < 4.78 is 5.26. The summed E-state index contributed by atoms with van der Waals surface area (Å²) >= 11 is 0. The second kappa shape index (κ2) is 13.9. The van der Waals surface area contributed by atoms with Crippen molar-refractivity contribution in [1.82, 2.24) is 21.3 Å². The second-order valence-electron chi connectivity index (χ2n) is 7.75. The standard InChI is InChI=1S/C27H29N5O4/c1-28-25(34)23-14-8-13-22(15-23)17-30-26(32-27(35)36-19-21-11-6-3-7-12-21)31-18-24(33)29-16-20-9-4-2-5-10-20/h2-15H,16-19H2,1H3,(H,28,34)(H,29,33)(H2,30,31,32,35). The van der Waals surface area contributed by atoms with Gasteiger partial charge in [-0.25, -0.2) is 9.79 Å². The highest BCUT2D eigenvalue weighted by Crippen LogP contribution is 2.07. The van der Waals surface area contributed by atoms with E-state index in [9.17, 15) is 14.4 Å². The molecule has 186 valence electrons. The molecule has 3 rings (SSSR count). The van der Waals surface area contributed by atoms with E-state index < -0.39 is 6.09 Å². The van der Waals surface area contributed by atoms with Crippen LogP contribution < -0.4 is 21.3 Å². The minimum Gasteiger partial charge on any atom is -0.444 e. The molecule has 0 aliphatic heterocycles.